The van der Waals surface area contributed by atoms with Crippen molar-refractivity contribution >= 4 is 11.3 Å². The summed E-state index contributed by atoms with van der Waals surface area (Å²) in [6.45, 7) is 0. The van der Waals surface area contributed by atoms with E-state index in [4.69, 9.17) is 0 Å². The van der Waals surface area contributed by atoms with Gasteiger partial charge >= 0.3 is 0 Å². The molecular weight excluding hydrogens is 230 g/mol. The topological polar surface area (TPSA) is 33.1 Å². The third-order valence-electron chi connectivity index (χ3n) is 3.25. The Morgan fingerprint density at radius 1 is 1.29 bits per heavy atom. The molecule has 1 N–H and O–H groups in total. The van der Waals surface area contributed by atoms with Crippen LogP contribution in [0.4, 0.5) is 0 Å². The fourth-order valence-corrected chi connectivity index (χ4v) is 2.69. The number of aliphatic hydroxyl groups is 1. The summed E-state index contributed by atoms with van der Waals surface area (Å²) >= 11 is 1.59. The Hall–Kier alpha value is -1.19. The van der Waals surface area contributed by atoms with Gasteiger partial charge in [-0.25, -0.2) is 0 Å². The lowest BCUT2D eigenvalue weighted by Gasteiger charge is -2.10. The summed E-state index contributed by atoms with van der Waals surface area (Å²) in [4.78, 5) is 5.15. The van der Waals surface area contributed by atoms with Gasteiger partial charge in [0.25, 0.3) is 0 Å². The Morgan fingerprint density at radius 2 is 2.06 bits per heavy atom. The molecule has 3 rings (SSSR count). The Bertz CT molecular complexity index is 473. The molecule has 1 aromatic heterocycles. The van der Waals surface area contributed by atoms with Crippen LogP contribution in [0, 0.1) is 0 Å². The van der Waals surface area contributed by atoms with E-state index in [1.165, 1.54) is 18.4 Å². The number of thiazole rings is 1. The summed E-state index contributed by atoms with van der Waals surface area (Å²) in [6, 6.07) is 8.42. The van der Waals surface area contributed by atoms with Crippen molar-refractivity contribution in [2.45, 2.75) is 31.3 Å². The number of nitrogens with zero attached hydrogens (tertiary/aromatic N) is 1. The van der Waals surface area contributed by atoms with E-state index < -0.39 is 6.10 Å². The van der Waals surface area contributed by atoms with Crippen LogP contribution in [-0.4, -0.2) is 10.1 Å². The van der Waals surface area contributed by atoms with Gasteiger partial charge in [0.15, 0.2) is 0 Å². The minimum absolute atomic E-state index is 0.413. The molecule has 1 unspecified atom stereocenters. The summed E-state index contributed by atoms with van der Waals surface area (Å²) in [7, 11) is 0. The van der Waals surface area contributed by atoms with Gasteiger partial charge in [0.2, 0.25) is 0 Å². The molecule has 1 atom stereocenters. The van der Waals surface area contributed by atoms with Gasteiger partial charge in [-0.3, -0.25) is 4.98 Å². The van der Waals surface area contributed by atoms with E-state index in [-0.39, 0.29) is 0 Å². The first kappa shape index (κ1) is 10.9. The molecule has 1 aromatic carbocycles. The summed E-state index contributed by atoms with van der Waals surface area (Å²) < 4.78 is 0. The lowest BCUT2D eigenvalue weighted by molar-refractivity contribution is 0.179. The van der Waals surface area contributed by atoms with Crippen molar-refractivity contribution in [3.8, 4) is 0 Å². The molecule has 17 heavy (non-hydrogen) atoms. The molecule has 0 spiro atoms. The molecule has 0 aliphatic heterocycles. The van der Waals surface area contributed by atoms with Crippen LogP contribution in [0.25, 0.3) is 0 Å². The van der Waals surface area contributed by atoms with Gasteiger partial charge in [0.05, 0.1) is 11.6 Å². The van der Waals surface area contributed by atoms with Crippen LogP contribution in [0.1, 0.15) is 40.9 Å². The molecule has 1 heterocycles. The first-order valence-corrected chi connectivity index (χ1v) is 6.86. The third-order valence-corrected chi connectivity index (χ3v) is 4.05. The number of rotatable bonds is 4. The van der Waals surface area contributed by atoms with Crippen molar-refractivity contribution in [1.82, 2.24) is 4.98 Å². The van der Waals surface area contributed by atoms with Gasteiger partial charge in [-0.15, -0.1) is 11.3 Å². The predicted octanol–water partition coefficient (Wildman–Crippen LogP) is 3.30. The molecule has 1 fully saturated rings. The molecule has 0 radical (unpaired) electrons. The largest absolute Gasteiger partial charge is 0.388 e. The van der Waals surface area contributed by atoms with Crippen LogP contribution in [0.2, 0.25) is 0 Å². The summed E-state index contributed by atoms with van der Waals surface area (Å²) in [5.74, 6) is 0.780. The molecule has 1 aliphatic rings. The first-order chi connectivity index (χ1) is 8.33. The summed E-state index contributed by atoms with van der Waals surface area (Å²) in [5, 5.41) is 10.1. The Balaban J connectivity index is 1.70. The molecule has 88 valence electrons. The maximum Gasteiger partial charge on any atom is 0.0838 e. The number of hydrogen-bond acceptors (Lipinski definition) is 3. The van der Waals surface area contributed by atoms with E-state index in [9.17, 15) is 5.11 Å². The third kappa shape index (κ3) is 2.56. The average molecular weight is 245 g/mol. The monoisotopic (exact) mass is 245 g/mol. The SMILES string of the molecule is OC(Cc1cncs1)c1ccc(C2CC2)cc1. The van der Waals surface area contributed by atoms with Crippen molar-refractivity contribution in [2.24, 2.45) is 0 Å². The zero-order chi connectivity index (χ0) is 11.7. The van der Waals surface area contributed by atoms with Crippen molar-refractivity contribution in [3.63, 3.8) is 0 Å². The van der Waals surface area contributed by atoms with E-state index in [0.29, 0.717) is 6.42 Å². The highest BCUT2D eigenvalue weighted by Crippen LogP contribution is 2.40. The maximum absolute atomic E-state index is 10.1. The number of aromatic nitrogens is 1. The Kier molecular flexibility index (Phi) is 2.95. The molecule has 0 amide bonds. The van der Waals surface area contributed by atoms with E-state index in [1.807, 2.05) is 6.20 Å². The zero-order valence-corrected chi connectivity index (χ0v) is 10.4. The lowest BCUT2D eigenvalue weighted by Crippen LogP contribution is -2.00. The van der Waals surface area contributed by atoms with Crippen LogP contribution in [0.5, 0.6) is 0 Å². The van der Waals surface area contributed by atoms with Crippen LogP contribution in [-0.2, 0) is 6.42 Å². The normalized spacial score (nSPS) is 17.0. The highest BCUT2D eigenvalue weighted by molar-refractivity contribution is 7.09. The molecule has 1 saturated carbocycles. The lowest BCUT2D eigenvalue weighted by atomic mass is 10.0. The predicted molar refractivity (Wildman–Crippen MR) is 69.2 cm³/mol. The van der Waals surface area contributed by atoms with Gasteiger partial charge in [0.1, 0.15) is 0 Å². The molecular formula is C14H15NOS. The van der Waals surface area contributed by atoms with E-state index in [2.05, 4.69) is 29.2 Å². The highest BCUT2D eigenvalue weighted by Gasteiger charge is 2.23. The number of aliphatic hydroxyl groups excluding tert-OH is 1. The molecule has 2 nitrogen and oxygen atoms in total. The fraction of sp³-hybridized carbons (Fsp3) is 0.357. The van der Waals surface area contributed by atoms with Gasteiger partial charge in [-0.2, -0.15) is 0 Å². The molecule has 0 bridgehead atoms. The quantitative estimate of drug-likeness (QED) is 0.896. The van der Waals surface area contributed by atoms with Crippen molar-refractivity contribution in [3.05, 3.63) is 52.0 Å². The fourth-order valence-electron chi connectivity index (χ4n) is 2.06. The Morgan fingerprint density at radius 3 is 2.65 bits per heavy atom. The molecule has 3 heteroatoms. The van der Waals surface area contributed by atoms with Crippen LogP contribution in [0.15, 0.2) is 36.0 Å². The van der Waals surface area contributed by atoms with E-state index in [1.54, 1.807) is 16.8 Å². The number of hydrogen-bond donors (Lipinski definition) is 1. The first-order valence-electron chi connectivity index (χ1n) is 5.98. The minimum Gasteiger partial charge on any atom is -0.388 e. The van der Waals surface area contributed by atoms with Crippen molar-refractivity contribution < 1.29 is 5.11 Å². The maximum atomic E-state index is 10.1. The highest BCUT2D eigenvalue weighted by atomic mass is 32.1. The van der Waals surface area contributed by atoms with Crippen molar-refractivity contribution in [2.75, 3.05) is 0 Å². The van der Waals surface area contributed by atoms with Gasteiger partial charge in [-0.05, 0) is 29.9 Å². The van der Waals surface area contributed by atoms with E-state index in [0.717, 1.165) is 16.4 Å². The smallest absolute Gasteiger partial charge is 0.0838 e. The molecule has 1 aliphatic carbocycles. The standard InChI is InChI=1S/C14H15NOS/c16-14(7-13-8-15-9-17-13)12-5-3-11(4-6-12)10-1-2-10/h3-6,8-10,14,16H,1-2,7H2. The van der Waals surface area contributed by atoms with Gasteiger partial charge in [0, 0.05) is 17.5 Å². The molecule has 2 aromatic rings. The summed E-state index contributed by atoms with van der Waals surface area (Å²) in [5.41, 5.74) is 4.22. The second kappa shape index (κ2) is 4.59. The van der Waals surface area contributed by atoms with E-state index >= 15 is 0 Å². The Labute approximate surface area is 105 Å². The van der Waals surface area contributed by atoms with Crippen LogP contribution >= 0.6 is 11.3 Å². The van der Waals surface area contributed by atoms with Gasteiger partial charge in [-0.1, -0.05) is 24.3 Å². The zero-order valence-electron chi connectivity index (χ0n) is 9.54. The second-order valence-corrected chi connectivity index (χ2v) is 5.60. The number of benzene rings is 1. The second-order valence-electron chi connectivity index (χ2n) is 4.63. The molecule has 0 saturated heterocycles. The minimum atomic E-state index is -0.413. The van der Waals surface area contributed by atoms with Crippen LogP contribution < -0.4 is 0 Å². The average Bonchev–Trinajstić information content (AvgIpc) is 3.09. The summed E-state index contributed by atoms with van der Waals surface area (Å²) in [6.07, 6.45) is 4.72. The van der Waals surface area contributed by atoms with Gasteiger partial charge < -0.3 is 5.11 Å². The van der Waals surface area contributed by atoms with Crippen molar-refractivity contribution in [1.29, 1.82) is 0 Å². The van der Waals surface area contributed by atoms with Crippen LogP contribution in [0.3, 0.4) is 0 Å².